The monoisotopic (exact) mass is 446 g/mol. The zero-order valence-electron chi connectivity index (χ0n) is 17.9. The molecule has 5 atom stereocenters. The van der Waals surface area contributed by atoms with E-state index in [1.54, 1.807) is 13.8 Å². The van der Waals surface area contributed by atoms with Crippen molar-refractivity contribution in [2.24, 2.45) is 0 Å². The molecule has 0 bridgehead atoms. The molecule has 1 saturated heterocycles. The first kappa shape index (κ1) is 23.6. The Balaban J connectivity index is 1.80. The summed E-state index contributed by atoms with van der Waals surface area (Å²) in [6.07, 6.45) is -3.65. The van der Waals surface area contributed by atoms with Crippen LogP contribution in [0.2, 0.25) is 0 Å². The molecule has 1 heterocycles. The van der Waals surface area contributed by atoms with Gasteiger partial charge in [-0.3, -0.25) is 0 Å². The molecule has 6 nitrogen and oxygen atoms in total. The first-order valence-corrected chi connectivity index (χ1v) is 12.0. The lowest BCUT2D eigenvalue weighted by Gasteiger charge is -2.43. The van der Waals surface area contributed by atoms with Gasteiger partial charge in [-0.2, -0.15) is 0 Å². The number of hydrogen-bond acceptors (Lipinski definition) is 6. The van der Waals surface area contributed by atoms with Crippen LogP contribution in [0.5, 0.6) is 0 Å². The number of aliphatic hydroxyl groups excluding tert-OH is 1. The maximum atomic E-state index is 13.0. The van der Waals surface area contributed by atoms with E-state index >= 15 is 0 Å². The summed E-state index contributed by atoms with van der Waals surface area (Å²) in [7, 11) is -3.75. The van der Waals surface area contributed by atoms with Crippen molar-refractivity contribution in [2.75, 3.05) is 5.75 Å². The fourth-order valence-electron chi connectivity index (χ4n) is 3.65. The lowest BCUT2D eigenvalue weighted by atomic mass is 10.00. The van der Waals surface area contributed by atoms with Crippen molar-refractivity contribution in [1.29, 1.82) is 0 Å². The Morgan fingerprint density at radius 1 is 0.968 bits per heavy atom. The summed E-state index contributed by atoms with van der Waals surface area (Å²) in [5.41, 5.74) is 0.997. The van der Waals surface area contributed by atoms with Gasteiger partial charge in [0.1, 0.15) is 18.3 Å². The second-order valence-electron chi connectivity index (χ2n) is 7.99. The van der Waals surface area contributed by atoms with Crippen LogP contribution < -0.4 is 0 Å². The van der Waals surface area contributed by atoms with Crippen molar-refractivity contribution in [3.63, 3.8) is 0 Å². The molecule has 3 rings (SSSR count). The van der Waals surface area contributed by atoms with Gasteiger partial charge in [-0.15, -0.1) is 0 Å². The van der Waals surface area contributed by atoms with Crippen molar-refractivity contribution in [3.05, 3.63) is 83.9 Å². The highest BCUT2D eigenvalue weighted by Crippen LogP contribution is 2.30. The van der Waals surface area contributed by atoms with Crippen LogP contribution >= 0.6 is 0 Å². The molecule has 0 saturated carbocycles. The van der Waals surface area contributed by atoms with Gasteiger partial charge in [-0.1, -0.05) is 72.8 Å². The van der Waals surface area contributed by atoms with Crippen LogP contribution in [-0.2, 0) is 37.3 Å². The van der Waals surface area contributed by atoms with Gasteiger partial charge in [0.15, 0.2) is 15.3 Å². The molecule has 1 N–H and O–H groups in total. The normalized spacial score (nSPS) is 26.5. The Morgan fingerprint density at radius 2 is 1.45 bits per heavy atom. The number of ether oxygens (including phenoxy) is 3. The van der Waals surface area contributed by atoms with Crippen molar-refractivity contribution in [2.45, 2.75) is 56.9 Å². The van der Waals surface area contributed by atoms with Gasteiger partial charge in [0, 0.05) is 0 Å². The topological polar surface area (TPSA) is 82.1 Å². The Kier molecular flexibility index (Phi) is 8.02. The van der Waals surface area contributed by atoms with Gasteiger partial charge < -0.3 is 19.3 Å². The molecule has 31 heavy (non-hydrogen) atoms. The van der Waals surface area contributed by atoms with Crippen LogP contribution in [0.1, 0.15) is 25.0 Å². The maximum absolute atomic E-state index is 13.0. The average Bonchev–Trinajstić information content (AvgIpc) is 2.73. The molecule has 0 spiro atoms. The average molecular weight is 447 g/mol. The van der Waals surface area contributed by atoms with E-state index in [2.05, 4.69) is 6.58 Å². The summed E-state index contributed by atoms with van der Waals surface area (Å²) in [6.45, 7) is 7.47. The molecule has 7 heteroatoms. The zero-order valence-corrected chi connectivity index (χ0v) is 18.7. The molecule has 2 aromatic carbocycles. The predicted molar refractivity (Wildman–Crippen MR) is 119 cm³/mol. The molecular weight excluding hydrogens is 416 g/mol. The minimum absolute atomic E-state index is 0.144. The third kappa shape index (κ3) is 6.24. The van der Waals surface area contributed by atoms with Crippen molar-refractivity contribution < 1.29 is 27.7 Å². The van der Waals surface area contributed by atoms with Gasteiger partial charge in [-0.05, 0) is 25.0 Å². The van der Waals surface area contributed by atoms with Gasteiger partial charge in [0.2, 0.25) is 0 Å². The predicted octanol–water partition coefficient (Wildman–Crippen LogP) is 3.25. The van der Waals surface area contributed by atoms with Crippen molar-refractivity contribution in [1.82, 2.24) is 0 Å². The van der Waals surface area contributed by atoms with E-state index in [0.717, 1.165) is 11.1 Å². The van der Waals surface area contributed by atoms with E-state index < -0.39 is 39.7 Å². The molecule has 0 aromatic heterocycles. The summed E-state index contributed by atoms with van der Waals surface area (Å²) < 4.78 is 43.7. The van der Waals surface area contributed by atoms with Crippen LogP contribution in [-0.4, -0.2) is 49.1 Å². The molecule has 1 unspecified atom stereocenters. The molecule has 2 aromatic rings. The molecule has 1 fully saturated rings. The fourth-order valence-corrected chi connectivity index (χ4v) is 5.50. The van der Waals surface area contributed by atoms with Crippen LogP contribution in [0.3, 0.4) is 0 Å². The second-order valence-corrected chi connectivity index (χ2v) is 10.1. The third-order valence-electron chi connectivity index (χ3n) is 5.12. The van der Waals surface area contributed by atoms with Crippen molar-refractivity contribution in [3.8, 4) is 0 Å². The first-order chi connectivity index (χ1) is 14.8. The van der Waals surface area contributed by atoms with Crippen LogP contribution in [0.25, 0.3) is 0 Å². The minimum atomic E-state index is -3.75. The smallest absolute Gasteiger partial charge is 0.188 e. The van der Waals surface area contributed by atoms with Crippen LogP contribution in [0, 0.1) is 0 Å². The standard InChI is InChI=1S/C24H30O6S/c1-17(2)16-31(26,27)24-23(29-15-20-12-8-5-9-13-20)21(25)22(18(3)30-24)28-14-19-10-6-4-7-11-19/h4-13,18,21-25H,1,14-16H2,2-3H3/t18-,21+,22+,23-,24?/m0/s1. The quantitative estimate of drug-likeness (QED) is 0.596. The van der Waals surface area contributed by atoms with E-state index in [1.165, 1.54) is 0 Å². The lowest BCUT2D eigenvalue weighted by Crippen LogP contribution is -2.60. The maximum Gasteiger partial charge on any atom is 0.188 e. The van der Waals surface area contributed by atoms with Crippen LogP contribution in [0.15, 0.2) is 72.8 Å². The summed E-state index contributed by atoms with van der Waals surface area (Å²) >= 11 is 0. The number of rotatable bonds is 9. The largest absolute Gasteiger partial charge is 0.387 e. The number of sulfone groups is 1. The van der Waals surface area contributed by atoms with Crippen molar-refractivity contribution >= 4 is 9.84 Å². The number of hydrogen-bond donors (Lipinski definition) is 1. The molecule has 0 amide bonds. The van der Waals surface area contributed by atoms with E-state index in [1.807, 2.05) is 60.7 Å². The summed E-state index contributed by atoms with van der Waals surface area (Å²) in [5.74, 6) is -0.238. The van der Waals surface area contributed by atoms with E-state index in [4.69, 9.17) is 14.2 Å². The Labute approximate surface area is 184 Å². The number of aliphatic hydroxyl groups is 1. The summed E-state index contributed by atoms with van der Waals surface area (Å²) in [4.78, 5) is 0. The molecule has 1 aliphatic heterocycles. The van der Waals surface area contributed by atoms with Gasteiger partial charge in [0.05, 0.1) is 25.1 Å². The molecule has 168 valence electrons. The van der Waals surface area contributed by atoms with E-state index in [9.17, 15) is 13.5 Å². The van der Waals surface area contributed by atoms with Gasteiger partial charge in [0.25, 0.3) is 0 Å². The second kappa shape index (κ2) is 10.5. The lowest BCUT2D eigenvalue weighted by molar-refractivity contribution is -0.228. The Bertz CT molecular complexity index is 945. The summed E-state index contributed by atoms with van der Waals surface area (Å²) in [5, 5.41) is 11.1. The Morgan fingerprint density at radius 3 is 1.94 bits per heavy atom. The van der Waals surface area contributed by atoms with Crippen LogP contribution in [0.4, 0.5) is 0 Å². The van der Waals surface area contributed by atoms with E-state index in [-0.39, 0.29) is 19.0 Å². The van der Waals surface area contributed by atoms with Gasteiger partial charge >= 0.3 is 0 Å². The molecule has 0 radical (unpaired) electrons. The van der Waals surface area contributed by atoms with Gasteiger partial charge in [-0.25, -0.2) is 8.42 Å². The summed E-state index contributed by atoms with van der Waals surface area (Å²) in [6, 6.07) is 18.9. The molecule has 1 aliphatic rings. The zero-order chi connectivity index (χ0) is 22.4. The SMILES string of the molecule is C=C(C)CS(=O)(=O)C1O[C@@H](C)[C@@H](OCc2ccccc2)[C@@H](O)[C@@H]1OCc1ccccc1. The highest BCUT2D eigenvalue weighted by molar-refractivity contribution is 7.92. The fraction of sp³-hybridized carbons (Fsp3) is 0.417. The Hall–Kier alpha value is -2.03. The molecule has 0 aliphatic carbocycles. The molecular formula is C24H30O6S. The third-order valence-corrected chi connectivity index (χ3v) is 7.11. The first-order valence-electron chi connectivity index (χ1n) is 10.3. The highest BCUT2D eigenvalue weighted by atomic mass is 32.2. The van der Waals surface area contributed by atoms with E-state index in [0.29, 0.717) is 5.57 Å². The highest BCUT2D eigenvalue weighted by Gasteiger charge is 2.50. The number of benzene rings is 2. The minimum Gasteiger partial charge on any atom is -0.387 e.